The van der Waals surface area contributed by atoms with Gasteiger partial charge in [-0.1, -0.05) is 19.6 Å². The Kier molecular flexibility index (Phi) is 6.08. The van der Waals surface area contributed by atoms with Crippen LogP contribution in [0, 0.1) is 0 Å². The van der Waals surface area contributed by atoms with Gasteiger partial charge in [-0.15, -0.1) is 0 Å². The Morgan fingerprint density at radius 2 is 1.83 bits per heavy atom. The fourth-order valence-corrected chi connectivity index (χ4v) is 1.49. The number of rotatable bonds is 8. The van der Waals surface area contributed by atoms with Crippen LogP contribution in [-0.4, -0.2) is 33.9 Å². The summed E-state index contributed by atoms with van der Waals surface area (Å²) in [5, 5.41) is 3.20. The van der Waals surface area contributed by atoms with Gasteiger partial charge in [-0.25, -0.2) is 0 Å². The number of likely N-dealkylation sites (N-methyl/N-ethyl adjacent to an activating group) is 1. The molecule has 0 radical (unpaired) electrons. The van der Waals surface area contributed by atoms with E-state index in [9.17, 15) is 0 Å². The van der Waals surface area contributed by atoms with Gasteiger partial charge in [-0.2, -0.15) is 0 Å². The third kappa shape index (κ3) is 3.96. The average Bonchev–Trinajstić information content (AvgIpc) is 2.42. The number of ether oxygens (including phenoxy) is 3. The van der Waals surface area contributed by atoms with Gasteiger partial charge in [0.25, 0.3) is 0 Å². The number of benzene rings is 1. The molecule has 1 rings (SSSR count). The molecule has 1 N–H and O–H groups in total. The highest BCUT2D eigenvalue weighted by Crippen LogP contribution is 2.36. The molecule has 0 atom stereocenters. The van der Waals surface area contributed by atoms with Crippen LogP contribution in [0.1, 0.15) is 6.92 Å². The van der Waals surface area contributed by atoms with Crippen molar-refractivity contribution >= 4 is 0 Å². The van der Waals surface area contributed by atoms with Crippen molar-refractivity contribution in [3.05, 3.63) is 30.4 Å². The van der Waals surface area contributed by atoms with Gasteiger partial charge in [0.15, 0.2) is 11.5 Å². The van der Waals surface area contributed by atoms with Gasteiger partial charge in [0.2, 0.25) is 5.75 Å². The molecule has 0 amide bonds. The van der Waals surface area contributed by atoms with E-state index in [0.717, 1.165) is 18.7 Å². The molecule has 0 bridgehead atoms. The first-order valence-corrected chi connectivity index (χ1v) is 5.94. The third-order valence-electron chi connectivity index (χ3n) is 2.43. The molecular formula is C14H21NO3. The highest BCUT2D eigenvalue weighted by Gasteiger charge is 2.11. The van der Waals surface area contributed by atoms with Crippen LogP contribution in [0.2, 0.25) is 0 Å². The number of para-hydroxylation sites is 1. The minimum atomic E-state index is 0.434. The van der Waals surface area contributed by atoms with Gasteiger partial charge >= 0.3 is 0 Å². The summed E-state index contributed by atoms with van der Waals surface area (Å²) in [5.74, 6) is 1.93. The lowest BCUT2D eigenvalue weighted by atomic mass is 10.3. The quantitative estimate of drug-likeness (QED) is 0.719. The first-order valence-electron chi connectivity index (χ1n) is 5.94. The predicted octanol–water partition coefficient (Wildman–Crippen LogP) is 2.25. The minimum absolute atomic E-state index is 0.434. The standard InChI is InChI=1S/C14H21NO3/c1-5-15-9-11(2)10-18-14-12(16-3)7-6-8-13(14)17-4/h6-8,15H,2,5,9-10H2,1,3-4H3. The van der Waals surface area contributed by atoms with E-state index < -0.39 is 0 Å². The van der Waals surface area contributed by atoms with E-state index in [1.807, 2.05) is 18.2 Å². The Morgan fingerprint density at radius 3 is 2.33 bits per heavy atom. The zero-order chi connectivity index (χ0) is 13.4. The Bertz CT molecular complexity index is 368. The van der Waals surface area contributed by atoms with Crippen LogP contribution in [0.15, 0.2) is 30.4 Å². The lowest BCUT2D eigenvalue weighted by molar-refractivity contribution is 0.293. The molecule has 0 aromatic heterocycles. The number of nitrogens with one attached hydrogen (secondary N) is 1. The zero-order valence-corrected chi connectivity index (χ0v) is 11.3. The first-order chi connectivity index (χ1) is 8.72. The normalized spacial score (nSPS) is 9.94. The zero-order valence-electron chi connectivity index (χ0n) is 11.3. The van der Waals surface area contributed by atoms with E-state index in [0.29, 0.717) is 23.9 Å². The van der Waals surface area contributed by atoms with E-state index in [1.165, 1.54) is 0 Å². The molecule has 4 nitrogen and oxygen atoms in total. The van der Waals surface area contributed by atoms with Crippen molar-refractivity contribution in [3.63, 3.8) is 0 Å². The molecular weight excluding hydrogens is 230 g/mol. The number of hydrogen-bond donors (Lipinski definition) is 1. The molecule has 18 heavy (non-hydrogen) atoms. The van der Waals surface area contributed by atoms with Crippen molar-refractivity contribution in [2.24, 2.45) is 0 Å². The van der Waals surface area contributed by atoms with Gasteiger partial charge in [0.05, 0.1) is 14.2 Å². The van der Waals surface area contributed by atoms with E-state index in [-0.39, 0.29) is 0 Å². The summed E-state index contributed by atoms with van der Waals surface area (Å²) in [6.45, 7) is 8.09. The van der Waals surface area contributed by atoms with Crippen LogP contribution in [0.25, 0.3) is 0 Å². The van der Waals surface area contributed by atoms with Crippen LogP contribution < -0.4 is 19.5 Å². The van der Waals surface area contributed by atoms with Crippen LogP contribution >= 0.6 is 0 Å². The van der Waals surface area contributed by atoms with Crippen molar-refractivity contribution < 1.29 is 14.2 Å². The van der Waals surface area contributed by atoms with Gasteiger partial charge in [0.1, 0.15) is 6.61 Å². The molecule has 0 aliphatic heterocycles. The van der Waals surface area contributed by atoms with Gasteiger partial charge in [-0.3, -0.25) is 0 Å². The molecule has 0 heterocycles. The highest BCUT2D eigenvalue weighted by molar-refractivity contribution is 5.51. The molecule has 4 heteroatoms. The van der Waals surface area contributed by atoms with Crippen molar-refractivity contribution in [3.8, 4) is 17.2 Å². The molecule has 0 fully saturated rings. The molecule has 0 saturated carbocycles. The summed E-state index contributed by atoms with van der Waals surface area (Å²) in [5.41, 5.74) is 0.977. The Morgan fingerprint density at radius 1 is 1.22 bits per heavy atom. The average molecular weight is 251 g/mol. The summed E-state index contributed by atoms with van der Waals surface area (Å²) in [4.78, 5) is 0. The van der Waals surface area contributed by atoms with Gasteiger partial charge in [0, 0.05) is 6.54 Å². The lowest BCUT2D eigenvalue weighted by Crippen LogP contribution is -2.19. The van der Waals surface area contributed by atoms with Crippen LogP contribution in [0.5, 0.6) is 17.2 Å². The Balaban J connectivity index is 2.68. The maximum atomic E-state index is 5.72. The lowest BCUT2D eigenvalue weighted by Gasteiger charge is -2.15. The van der Waals surface area contributed by atoms with Crippen molar-refractivity contribution in [1.82, 2.24) is 5.32 Å². The molecule has 100 valence electrons. The summed E-state index contributed by atoms with van der Waals surface area (Å²) in [7, 11) is 3.21. The van der Waals surface area contributed by atoms with Gasteiger partial charge < -0.3 is 19.5 Å². The fraction of sp³-hybridized carbons (Fsp3) is 0.429. The monoisotopic (exact) mass is 251 g/mol. The van der Waals surface area contributed by atoms with Crippen molar-refractivity contribution in [2.75, 3.05) is 33.9 Å². The van der Waals surface area contributed by atoms with E-state index in [1.54, 1.807) is 14.2 Å². The van der Waals surface area contributed by atoms with Crippen molar-refractivity contribution in [2.45, 2.75) is 6.92 Å². The second-order valence-corrected chi connectivity index (χ2v) is 3.81. The first kappa shape index (κ1) is 14.4. The van der Waals surface area contributed by atoms with E-state index >= 15 is 0 Å². The number of hydrogen-bond acceptors (Lipinski definition) is 4. The molecule has 0 unspecified atom stereocenters. The van der Waals surface area contributed by atoms with E-state index in [4.69, 9.17) is 14.2 Å². The smallest absolute Gasteiger partial charge is 0.203 e. The SMILES string of the molecule is C=C(CNCC)COc1c(OC)cccc1OC. The maximum absolute atomic E-state index is 5.72. The minimum Gasteiger partial charge on any atom is -0.493 e. The Labute approximate surface area is 109 Å². The van der Waals surface area contributed by atoms with E-state index in [2.05, 4.69) is 18.8 Å². The van der Waals surface area contributed by atoms with Crippen LogP contribution in [-0.2, 0) is 0 Å². The van der Waals surface area contributed by atoms with Crippen LogP contribution in [0.3, 0.4) is 0 Å². The molecule has 1 aromatic rings. The third-order valence-corrected chi connectivity index (χ3v) is 2.43. The summed E-state index contributed by atoms with van der Waals surface area (Å²) in [6, 6.07) is 5.54. The summed E-state index contributed by atoms with van der Waals surface area (Å²) < 4.78 is 16.2. The highest BCUT2D eigenvalue weighted by atomic mass is 16.5. The Hall–Kier alpha value is -1.68. The molecule has 0 aliphatic rings. The second-order valence-electron chi connectivity index (χ2n) is 3.81. The fourth-order valence-electron chi connectivity index (χ4n) is 1.49. The molecule has 0 spiro atoms. The summed E-state index contributed by atoms with van der Waals surface area (Å²) in [6.07, 6.45) is 0. The van der Waals surface area contributed by atoms with Crippen molar-refractivity contribution in [1.29, 1.82) is 0 Å². The molecule has 0 aliphatic carbocycles. The molecule has 1 aromatic carbocycles. The predicted molar refractivity (Wildman–Crippen MR) is 72.7 cm³/mol. The second kappa shape index (κ2) is 7.61. The topological polar surface area (TPSA) is 39.7 Å². The number of methoxy groups -OCH3 is 2. The maximum Gasteiger partial charge on any atom is 0.203 e. The molecule has 0 saturated heterocycles. The van der Waals surface area contributed by atoms with Gasteiger partial charge in [-0.05, 0) is 24.3 Å². The van der Waals surface area contributed by atoms with Crippen LogP contribution in [0.4, 0.5) is 0 Å². The largest absolute Gasteiger partial charge is 0.493 e. The summed E-state index contributed by atoms with van der Waals surface area (Å²) >= 11 is 0.